The predicted molar refractivity (Wildman–Crippen MR) is 117 cm³/mol. The maximum atomic E-state index is 9.45. The molecule has 1 atom stereocenters. The fraction of sp³-hybridized carbons (Fsp3) is 0.250. The number of nitrogens with zero attached hydrogens (tertiary/aromatic N) is 2. The molecule has 1 saturated heterocycles. The summed E-state index contributed by atoms with van der Waals surface area (Å²) in [6, 6.07) is 14.3. The largest absolute Gasteiger partial charge is 0.472 e. The molecule has 1 aliphatic rings. The lowest BCUT2D eigenvalue weighted by Gasteiger charge is -2.23. The number of aliphatic hydroxyl groups is 1. The van der Waals surface area contributed by atoms with Crippen LogP contribution >= 0.6 is 0 Å². The number of fused-ring (bicyclic) bond motifs is 1. The zero-order valence-corrected chi connectivity index (χ0v) is 16.6. The van der Waals surface area contributed by atoms with Crippen LogP contribution in [0.2, 0.25) is 0 Å². The van der Waals surface area contributed by atoms with E-state index in [4.69, 9.17) is 9.72 Å². The molecule has 1 fully saturated rings. The molecule has 30 heavy (non-hydrogen) atoms. The van der Waals surface area contributed by atoms with E-state index in [1.54, 1.807) is 12.4 Å². The Kier molecular flexibility index (Phi) is 5.17. The van der Waals surface area contributed by atoms with Gasteiger partial charge in [0.05, 0.1) is 24.7 Å². The molecule has 0 aliphatic carbocycles. The van der Waals surface area contributed by atoms with Gasteiger partial charge in [-0.25, -0.2) is 4.98 Å². The second-order valence-corrected chi connectivity index (χ2v) is 7.65. The lowest BCUT2D eigenvalue weighted by atomic mass is 10.0. The van der Waals surface area contributed by atoms with Gasteiger partial charge < -0.3 is 20.1 Å². The van der Waals surface area contributed by atoms with Crippen LogP contribution < -0.4 is 10.1 Å². The fourth-order valence-electron chi connectivity index (χ4n) is 3.99. The van der Waals surface area contributed by atoms with Crippen molar-refractivity contribution in [3.05, 3.63) is 66.6 Å². The molecule has 0 bridgehead atoms. The van der Waals surface area contributed by atoms with Gasteiger partial charge in [-0.15, -0.1) is 0 Å². The van der Waals surface area contributed by atoms with Crippen LogP contribution in [0.3, 0.4) is 0 Å². The first kappa shape index (κ1) is 18.8. The number of aromatic nitrogens is 3. The number of aliphatic hydroxyl groups excluding tert-OH is 1. The van der Waals surface area contributed by atoms with Gasteiger partial charge >= 0.3 is 0 Å². The Hall–Kier alpha value is -3.22. The quantitative estimate of drug-likeness (QED) is 0.473. The molecule has 0 amide bonds. The smallest absolute Gasteiger partial charge is 0.233 e. The van der Waals surface area contributed by atoms with E-state index in [9.17, 15) is 5.11 Å². The maximum Gasteiger partial charge on any atom is 0.233 e. The van der Waals surface area contributed by atoms with Gasteiger partial charge in [-0.2, -0.15) is 0 Å². The highest BCUT2D eigenvalue weighted by atomic mass is 16.5. The molecule has 3 N–H and O–H groups in total. The summed E-state index contributed by atoms with van der Waals surface area (Å²) in [7, 11) is 0. The van der Waals surface area contributed by atoms with E-state index in [-0.39, 0.29) is 12.7 Å². The SMILES string of the molecule is OCc1cccc(-c2ccc3[nH]cc(-c4cncc(OC5CCCNC5)n4)c3c2)c1. The van der Waals surface area contributed by atoms with Gasteiger partial charge in [-0.3, -0.25) is 4.98 Å². The van der Waals surface area contributed by atoms with E-state index in [2.05, 4.69) is 39.6 Å². The molecule has 5 rings (SSSR count). The summed E-state index contributed by atoms with van der Waals surface area (Å²) in [6.07, 6.45) is 7.70. The number of hydrogen-bond donors (Lipinski definition) is 3. The Morgan fingerprint density at radius 2 is 2.03 bits per heavy atom. The number of H-pyrrole nitrogens is 1. The second-order valence-electron chi connectivity index (χ2n) is 7.65. The maximum absolute atomic E-state index is 9.45. The van der Waals surface area contributed by atoms with E-state index in [0.717, 1.165) is 64.8 Å². The van der Waals surface area contributed by atoms with Crippen LogP contribution in [-0.4, -0.2) is 39.3 Å². The number of rotatable bonds is 5. The number of benzene rings is 2. The minimum atomic E-state index is 0.0321. The minimum absolute atomic E-state index is 0.0321. The Morgan fingerprint density at radius 1 is 1.10 bits per heavy atom. The van der Waals surface area contributed by atoms with Crippen LogP contribution in [0.15, 0.2) is 61.1 Å². The molecule has 6 nitrogen and oxygen atoms in total. The summed E-state index contributed by atoms with van der Waals surface area (Å²) < 4.78 is 6.05. The Morgan fingerprint density at radius 3 is 2.90 bits per heavy atom. The fourth-order valence-corrected chi connectivity index (χ4v) is 3.99. The average Bonchev–Trinajstić information content (AvgIpc) is 3.23. The van der Waals surface area contributed by atoms with E-state index < -0.39 is 0 Å². The van der Waals surface area contributed by atoms with Crippen LogP contribution in [0.1, 0.15) is 18.4 Å². The summed E-state index contributed by atoms with van der Waals surface area (Å²) in [4.78, 5) is 12.4. The van der Waals surface area contributed by atoms with E-state index >= 15 is 0 Å². The number of ether oxygens (including phenoxy) is 1. The molecule has 6 heteroatoms. The van der Waals surface area contributed by atoms with Gasteiger partial charge in [0, 0.05) is 29.2 Å². The van der Waals surface area contributed by atoms with Crippen LogP contribution in [0.5, 0.6) is 5.88 Å². The summed E-state index contributed by atoms with van der Waals surface area (Å²) in [5, 5.41) is 13.9. The highest BCUT2D eigenvalue weighted by molar-refractivity contribution is 5.97. The Bertz CT molecular complexity index is 1160. The van der Waals surface area contributed by atoms with Gasteiger partial charge in [-0.05, 0) is 54.3 Å². The molecular weight excluding hydrogens is 376 g/mol. The highest BCUT2D eigenvalue weighted by Gasteiger charge is 2.16. The van der Waals surface area contributed by atoms with Crippen molar-refractivity contribution in [2.24, 2.45) is 0 Å². The van der Waals surface area contributed by atoms with Gasteiger partial charge in [-0.1, -0.05) is 24.3 Å². The van der Waals surface area contributed by atoms with Crippen LogP contribution in [0, 0.1) is 0 Å². The third-order valence-electron chi connectivity index (χ3n) is 5.55. The summed E-state index contributed by atoms with van der Waals surface area (Å²) in [5.74, 6) is 0.558. The first-order valence-corrected chi connectivity index (χ1v) is 10.3. The monoisotopic (exact) mass is 400 g/mol. The molecule has 1 aliphatic heterocycles. The summed E-state index contributed by atoms with van der Waals surface area (Å²) >= 11 is 0. The molecule has 2 aromatic carbocycles. The highest BCUT2D eigenvalue weighted by Crippen LogP contribution is 2.32. The van der Waals surface area contributed by atoms with Crippen molar-refractivity contribution in [1.82, 2.24) is 20.3 Å². The van der Waals surface area contributed by atoms with E-state index in [0.29, 0.717) is 5.88 Å². The molecule has 0 radical (unpaired) electrons. The lowest BCUT2D eigenvalue weighted by Crippen LogP contribution is -2.37. The van der Waals surface area contributed by atoms with Crippen molar-refractivity contribution < 1.29 is 9.84 Å². The van der Waals surface area contributed by atoms with Crippen molar-refractivity contribution in [2.75, 3.05) is 13.1 Å². The van der Waals surface area contributed by atoms with Gasteiger partial charge in [0.25, 0.3) is 0 Å². The molecule has 0 saturated carbocycles. The zero-order valence-electron chi connectivity index (χ0n) is 16.6. The lowest BCUT2D eigenvalue weighted by molar-refractivity contribution is 0.160. The van der Waals surface area contributed by atoms with Gasteiger partial charge in [0.2, 0.25) is 5.88 Å². The molecule has 0 spiro atoms. The number of aromatic amines is 1. The van der Waals surface area contributed by atoms with Crippen LogP contribution in [-0.2, 0) is 6.61 Å². The van der Waals surface area contributed by atoms with Crippen LogP contribution in [0.25, 0.3) is 33.3 Å². The van der Waals surface area contributed by atoms with Crippen molar-refractivity contribution in [3.8, 4) is 28.3 Å². The van der Waals surface area contributed by atoms with Crippen molar-refractivity contribution in [3.63, 3.8) is 0 Å². The van der Waals surface area contributed by atoms with E-state index in [1.807, 2.05) is 24.4 Å². The predicted octanol–water partition coefficient (Wildman–Crippen LogP) is 3.92. The van der Waals surface area contributed by atoms with Crippen molar-refractivity contribution in [1.29, 1.82) is 0 Å². The first-order chi connectivity index (χ1) is 14.8. The third-order valence-corrected chi connectivity index (χ3v) is 5.55. The molecular formula is C24H24N4O2. The molecule has 1 unspecified atom stereocenters. The molecule has 152 valence electrons. The minimum Gasteiger partial charge on any atom is -0.472 e. The zero-order chi connectivity index (χ0) is 20.3. The normalized spacial score (nSPS) is 16.6. The topological polar surface area (TPSA) is 83.1 Å². The average molecular weight is 400 g/mol. The molecule has 3 heterocycles. The number of piperidine rings is 1. The van der Waals surface area contributed by atoms with Crippen molar-refractivity contribution in [2.45, 2.75) is 25.6 Å². The Labute approximate surface area is 175 Å². The number of hydrogen-bond acceptors (Lipinski definition) is 5. The standard InChI is InChI=1S/C24H24N4O2/c29-15-16-3-1-4-17(9-16)18-6-7-22-20(10-18)21(12-27-22)23-13-26-14-24(28-23)30-19-5-2-8-25-11-19/h1,3-4,6-7,9-10,12-14,19,25,27,29H,2,5,8,11,15H2. The first-order valence-electron chi connectivity index (χ1n) is 10.3. The molecule has 4 aromatic rings. The summed E-state index contributed by atoms with van der Waals surface area (Å²) in [5.41, 5.74) is 5.87. The van der Waals surface area contributed by atoms with Gasteiger partial charge in [0.1, 0.15) is 6.10 Å². The second kappa shape index (κ2) is 8.26. The van der Waals surface area contributed by atoms with E-state index in [1.165, 1.54) is 0 Å². The number of nitrogens with one attached hydrogen (secondary N) is 2. The third kappa shape index (κ3) is 3.79. The molecule has 2 aromatic heterocycles. The Balaban J connectivity index is 1.49. The van der Waals surface area contributed by atoms with Gasteiger partial charge in [0.15, 0.2) is 0 Å². The van der Waals surface area contributed by atoms with Crippen molar-refractivity contribution >= 4 is 10.9 Å². The van der Waals surface area contributed by atoms with Crippen LogP contribution in [0.4, 0.5) is 0 Å². The summed E-state index contributed by atoms with van der Waals surface area (Å²) in [6.45, 7) is 1.92.